The van der Waals surface area contributed by atoms with Crippen molar-refractivity contribution in [2.24, 2.45) is 0 Å². The third-order valence-electron chi connectivity index (χ3n) is 3.09. The number of hydrogen-bond acceptors (Lipinski definition) is 2. The Hall–Kier alpha value is -1.96. The van der Waals surface area contributed by atoms with Gasteiger partial charge >= 0.3 is 0 Å². The van der Waals surface area contributed by atoms with Crippen LogP contribution in [0.5, 0.6) is 0 Å². The van der Waals surface area contributed by atoms with E-state index < -0.39 is 11.6 Å². The van der Waals surface area contributed by atoms with Gasteiger partial charge in [0.2, 0.25) is 0 Å². The second-order valence-corrected chi connectivity index (χ2v) is 5.66. The molecule has 106 valence electrons. The van der Waals surface area contributed by atoms with Crippen LogP contribution >= 0.6 is 22.6 Å². The summed E-state index contributed by atoms with van der Waals surface area (Å²) in [6.07, 6.45) is 0. The van der Waals surface area contributed by atoms with Gasteiger partial charge in [0.25, 0.3) is 0 Å². The number of nitrogens with one attached hydrogen (secondary N) is 1. The van der Waals surface area contributed by atoms with E-state index in [2.05, 4.69) is 32.8 Å². The molecule has 0 bridgehead atoms. The Kier molecular flexibility index (Phi) is 3.62. The lowest BCUT2D eigenvalue weighted by Gasteiger charge is -2.07. The van der Waals surface area contributed by atoms with Crippen LogP contribution in [0.15, 0.2) is 42.5 Å². The molecule has 0 amide bonds. The summed E-state index contributed by atoms with van der Waals surface area (Å²) in [4.78, 5) is 0. The molecular formula is C15H10F2IN3. The molecular weight excluding hydrogens is 387 g/mol. The Bertz CT molecular complexity index is 794. The van der Waals surface area contributed by atoms with Crippen LogP contribution in [0.2, 0.25) is 0 Å². The van der Waals surface area contributed by atoms with E-state index in [1.807, 2.05) is 24.3 Å². The van der Waals surface area contributed by atoms with Crippen LogP contribution in [0.3, 0.4) is 0 Å². The molecule has 0 atom stereocenters. The summed E-state index contributed by atoms with van der Waals surface area (Å²) in [6, 6.07) is 10.9. The molecule has 3 aromatic rings. The maximum Gasteiger partial charge on any atom is 0.153 e. The fourth-order valence-electron chi connectivity index (χ4n) is 2.21. The number of halogens is 3. The molecule has 0 aliphatic rings. The van der Waals surface area contributed by atoms with Crippen LogP contribution in [-0.4, -0.2) is 10.2 Å². The highest BCUT2D eigenvalue weighted by Crippen LogP contribution is 2.36. The lowest BCUT2D eigenvalue weighted by Crippen LogP contribution is -1.91. The summed E-state index contributed by atoms with van der Waals surface area (Å²) in [5, 5.41) is 6.82. The topological polar surface area (TPSA) is 54.7 Å². The van der Waals surface area contributed by atoms with Gasteiger partial charge in [-0.1, -0.05) is 18.2 Å². The Labute approximate surface area is 133 Å². The van der Waals surface area contributed by atoms with Gasteiger partial charge in [0.15, 0.2) is 5.82 Å². The van der Waals surface area contributed by atoms with Gasteiger partial charge in [-0.15, -0.1) is 0 Å². The minimum absolute atomic E-state index is 0.203. The van der Waals surface area contributed by atoms with Crippen LogP contribution < -0.4 is 5.73 Å². The van der Waals surface area contributed by atoms with Crippen molar-refractivity contribution in [2.45, 2.75) is 0 Å². The molecule has 0 saturated carbocycles. The third kappa shape index (κ3) is 2.63. The van der Waals surface area contributed by atoms with Gasteiger partial charge in [0.05, 0.1) is 11.3 Å². The fourth-order valence-corrected chi connectivity index (χ4v) is 2.86. The number of aromatic amines is 1. The second-order valence-electron chi connectivity index (χ2n) is 4.50. The molecule has 0 spiro atoms. The second kappa shape index (κ2) is 5.44. The van der Waals surface area contributed by atoms with E-state index in [4.69, 9.17) is 5.73 Å². The molecule has 1 aromatic heterocycles. The van der Waals surface area contributed by atoms with Gasteiger partial charge in [-0.2, -0.15) is 5.10 Å². The number of rotatable bonds is 2. The monoisotopic (exact) mass is 397 g/mol. The van der Waals surface area contributed by atoms with Crippen molar-refractivity contribution in [1.29, 1.82) is 0 Å². The predicted molar refractivity (Wildman–Crippen MR) is 86.5 cm³/mol. The highest BCUT2D eigenvalue weighted by atomic mass is 127. The summed E-state index contributed by atoms with van der Waals surface area (Å²) in [6.45, 7) is 0. The largest absolute Gasteiger partial charge is 0.382 e. The minimum atomic E-state index is -0.653. The molecule has 0 saturated heterocycles. The van der Waals surface area contributed by atoms with Gasteiger partial charge in [0, 0.05) is 15.2 Å². The van der Waals surface area contributed by atoms with E-state index in [0.29, 0.717) is 16.8 Å². The predicted octanol–water partition coefficient (Wildman–Crippen LogP) is 4.21. The quantitative estimate of drug-likeness (QED) is 0.637. The summed E-state index contributed by atoms with van der Waals surface area (Å²) in [5.74, 6) is -1.10. The molecule has 0 radical (unpaired) electrons. The Morgan fingerprint density at radius 1 is 1.05 bits per heavy atom. The van der Waals surface area contributed by atoms with E-state index in [1.165, 1.54) is 12.1 Å². The number of anilines is 1. The Morgan fingerprint density at radius 3 is 2.38 bits per heavy atom. The van der Waals surface area contributed by atoms with Crippen LogP contribution in [-0.2, 0) is 0 Å². The summed E-state index contributed by atoms with van der Waals surface area (Å²) in [7, 11) is 0. The van der Waals surface area contributed by atoms with Crippen molar-refractivity contribution in [3.05, 3.63) is 57.7 Å². The minimum Gasteiger partial charge on any atom is -0.382 e. The van der Waals surface area contributed by atoms with Crippen molar-refractivity contribution in [2.75, 3.05) is 5.73 Å². The first-order valence-corrected chi connectivity index (χ1v) is 7.19. The van der Waals surface area contributed by atoms with Crippen LogP contribution in [0, 0.1) is 15.2 Å². The smallest absolute Gasteiger partial charge is 0.153 e. The van der Waals surface area contributed by atoms with Crippen molar-refractivity contribution in [3.63, 3.8) is 0 Å². The van der Waals surface area contributed by atoms with Gasteiger partial charge in [-0.3, -0.25) is 5.10 Å². The van der Waals surface area contributed by atoms with Crippen molar-refractivity contribution in [3.8, 4) is 22.4 Å². The molecule has 3 rings (SSSR count). The molecule has 6 heteroatoms. The summed E-state index contributed by atoms with van der Waals surface area (Å²) >= 11 is 2.19. The first-order chi connectivity index (χ1) is 10.1. The maximum absolute atomic E-state index is 13.5. The van der Waals surface area contributed by atoms with E-state index >= 15 is 0 Å². The van der Waals surface area contributed by atoms with E-state index in [-0.39, 0.29) is 5.82 Å². The van der Waals surface area contributed by atoms with E-state index in [9.17, 15) is 8.78 Å². The number of benzene rings is 2. The third-order valence-corrected chi connectivity index (χ3v) is 4.03. The SMILES string of the molecule is Nc1n[nH]c(-c2ccccc2I)c1-c1cc(F)cc(F)c1. The number of H-pyrrole nitrogens is 1. The molecule has 0 aliphatic heterocycles. The Balaban J connectivity index is 2.25. The van der Waals surface area contributed by atoms with Crippen molar-refractivity contribution < 1.29 is 8.78 Å². The van der Waals surface area contributed by atoms with Crippen LogP contribution in [0.25, 0.3) is 22.4 Å². The highest BCUT2D eigenvalue weighted by Gasteiger charge is 2.17. The van der Waals surface area contributed by atoms with Gasteiger partial charge in [-0.05, 0) is 46.4 Å². The normalized spacial score (nSPS) is 10.8. The number of nitrogens with two attached hydrogens (primary N) is 1. The first kappa shape index (κ1) is 14.0. The number of hydrogen-bond donors (Lipinski definition) is 2. The van der Waals surface area contributed by atoms with Gasteiger partial charge < -0.3 is 5.73 Å². The molecule has 3 N–H and O–H groups in total. The number of nitrogens with zero attached hydrogens (tertiary/aromatic N) is 1. The molecule has 1 heterocycles. The Morgan fingerprint density at radius 2 is 1.71 bits per heavy atom. The molecule has 3 nitrogen and oxygen atoms in total. The zero-order valence-electron chi connectivity index (χ0n) is 10.7. The molecule has 0 fully saturated rings. The zero-order chi connectivity index (χ0) is 15.0. The fraction of sp³-hybridized carbons (Fsp3) is 0. The molecule has 2 aromatic carbocycles. The van der Waals surface area contributed by atoms with E-state index in [0.717, 1.165) is 15.2 Å². The van der Waals surface area contributed by atoms with Crippen LogP contribution in [0.1, 0.15) is 0 Å². The molecule has 0 aliphatic carbocycles. The van der Waals surface area contributed by atoms with Crippen molar-refractivity contribution >= 4 is 28.4 Å². The maximum atomic E-state index is 13.5. The van der Waals surface area contributed by atoms with Gasteiger partial charge in [0.1, 0.15) is 11.6 Å². The number of nitrogen functional groups attached to an aromatic ring is 1. The summed E-state index contributed by atoms with van der Waals surface area (Å²) < 4.78 is 27.9. The van der Waals surface area contributed by atoms with Crippen molar-refractivity contribution in [1.82, 2.24) is 10.2 Å². The van der Waals surface area contributed by atoms with Gasteiger partial charge in [-0.25, -0.2) is 8.78 Å². The first-order valence-electron chi connectivity index (χ1n) is 6.11. The average Bonchev–Trinajstić information content (AvgIpc) is 2.80. The zero-order valence-corrected chi connectivity index (χ0v) is 12.9. The lowest BCUT2D eigenvalue weighted by atomic mass is 10.0. The summed E-state index contributed by atoms with van der Waals surface area (Å²) in [5.41, 5.74) is 8.24. The number of aromatic nitrogens is 2. The molecule has 0 unspecified atom stereocenters. The van der Waals surface area contributed by atoms with E-state index in [1.54, 1.807) is 0 Å². The lowest BCUT2D eigenvalue weighted by molar-refractivity contribution is 0.584. The van der Waals surface area contributed by atoms with Crippen LogP contribution in [0.4, 0.5) is 14.6 Å². The average molecular weight is 397 g/mol. The molecule has 21 heavy (non-hydrogen) atoms. The standard InChI is InChI=1S/C15H10F2IN3/c16-9-5-8(6-10(17)7-9)13-14(20-21-15(13)19)11-3-1-2-4-12(11)18/h1-7H,(H3,19,20,21). The highest BCUT2D eigenvalue weighted by molar-refractivity contribution is 14.1.